The minimum Gasteiger partial charge on any atom is -0.358 e. The zero-order chi connectivity index (χ0) is 17.4. The molecule has 0 fully saturated rings. The molecule has 4 aromatic heterocycles. The number of rotatable bonds is 4. The lowest BCUT2D eigenvalue weighted by Crippen LogP contribution is -2.09. The van der Waals surface area contributed by atoms with Crippen molar-refractivity contribution in [3.05, 3.63) is 41.4 Å². The third-order valence-electron chi connectivity index (χ3n) is 3.62. The van der Waals surface area contributed by atoms with E-state index in [9.17, 15) is 0 Å². The molecule has 9 heteroatoms. The molecular formula is C16H15N7OS. The van der Waals surface area contributed by atoms with Gasteiger partial charge in [0.25, 0.3) is 0 Å². The van der Waals surface area contributed by atoms with Crippen molar-refractivity contribution in [3.63, 3.8) is 0 Å². The topological polar surface area (TPSA) is 103 Å². The van der Waals surface area contributed by atoms with E-state index >= 15 is 0 Å². The van der Waals surface area contributed by atoms with Crippen molar-refractivity contribution < 1.29 is 4.52 Å². The van der Waals surface area contributed by atoms with Crippen LogP contribution in [0.5, 0.6) is 0 Å². The third kappa shape index (κ3) is 3.05. The molecule has 1 atom stereocenters. The number of anilines is 1. The second kappa shape index (κ2) is 6.17. The second-order valence-corrected chi connectivity index (χ2v) is 6.87. The smallest absolute Gasteiger partial charge is 0.248 e. The standard InChI is InChI=1S/C16H15N7OS/c1-8-5-18-16(25-8)11-4-12-13(17-6-11)19-7-20-14(12)21-9(2)15-22-10(3)23-24-15/h4-7,9H,1-3H3,(H,17,19,20,21). The van der Waals surface area contributed by atoms with Crippen molar-refractivity contribution in [1.29, 1.82) is 0 Å². The molecule has 0 amide bonds. The first-order chi connectivity index (χ1) is 12.1. The highest BCUT2D eigenvalue weighted by molar-refractivity contribution is 7.14. The van der Waals surface area contributed by atoms with Gasteiger partial charge in [0, 0.05) is 22.8 Å². The van der Waals surface area contributed by atoms with Crippen molar-refractivity contribution in [3.8, 4) is 10.6 Å². The summed E-state index contributed by atoms with van der Waals surface area (Å²) in [6, 6.07) is 1.81. The number of fused-ring (bicyclic) bond motifs is 1. The quantitative estimate of drug-likeness (QED) is 0.596. The molecule has 0 saturated carbocycles. The highest BCUT2D eigenvalue weighted by Gasteiger charge is 2.16. The molecule has 0 saturated heterocycles. The molecular weight excluding hydrogens is 338 g/mol. The zero-order valence-corrected chi connectivity index (χ0v) is 14.7. The van der Waals surface area contributed by atoms with Crippen LogP contribution in [0.3, 0.4) is 0 Å². The van der Waals surface area contributed by atoms with Crippen LogP contribution >= 0.6 is 11.3 Å². The Bertz CT molecular complexity index is 1040. The molecule has 0 bridgehead atoms. The number of aromatic nitrogens is 6. The molecule has 0 radical (unpaired) electrons. The van der Waals surface area contributed by atoms with Crippen molar-refractivity contribution in [2.45, 2.75) is 26.8 Å². The Morgan fingerprint density at radius 2 is 2.00 bits per heavy atom. The number of aryl methyl sites for hydroxylation is 2. The highest BCUT2D eigenvalue weighted by Crippen LogP contribution is 2.29. The maximum atomic E-state index is 5.22. The van der Waals surface area contributed by atoms with Crippen LogP contribution in [-0.4, -0.2) is 30.1 Å². The average molecular weight is 353 g/mol. The molecule has 4 aromatic rings. The van der Waals surface area contributed by atoms with E-state index in [2.05, 4.69) is 35.4 Å². The van der Waals surface area contributed by atoms with Gasteiger partial charge in [-0.3, -0.25) is 0 Å². The minimum atomic E-state index is -0.190. The van der Waals surface area contributed by atoms with E-state index in [4.69, 9.17) is 4.52 Å². The van der Waals surface area contributed by atoms with Gasteiger partial charge in [0.1, 0.15) is 23.2 Å². The molecule has 0 aliphatic heterocycles. The Balaban J connectivity index is 1.73. The van der Waals surface area contributed by atoms with E-state index in [1.807, 2.05) is 26.1 Å². The van der Waals surface area contributed by atoms with Crippen LogP contribution in [0, 0.1) is 13.8 Å². The van der Waals surface area contributed by atoms with Gasteiger partial charge in [0.15, 0.2) is 11.5 Å². The first-order valence-corrected chi connectivity index (χ1v) is 8.52. The predicted octanol–water partition coefficient (Wildman–Crippen LogP) is 3.32. The van der Waals surface area contributed by atoms with Crippen LogP contribution < -0.4 is 5.32 Å². The predicted molar refractivity (Wildman–Crippen MR) is 94.3 cm³/mol. The molecule has 8 nitrogen and oxygen atoms in total. The summed E-state index contributed by atoms with van der Waals surface area (Å²) in [6.45, 7) is 5.74. The molecule has 1 unspecified atom stereocenters. The second-order valence-electron chi connectivity index (χ2n) is 5.64. The van der Waals surface area contributed by atoms with Crippen LogP contribution in [0.2, 0.25) is 0 Å². The van der Waals surface area contributed by atoms with Gasteiger partial charge in [-0.05, 0) is 26.8 Å². The zero-order valence-electron chi connectivity index (χ0n) is 13.9. The maximum absolute atomic E-state index is 5.22. The molecule has 126 valence electrons. The van der Waals surface area contributed by atoms with E-state index in [1.165, 1.54) is 6.33 Å². The van der Waals surface area contributed by atoms with E-state index in [1.54, 1.807) is 24.5 Å². The van der Waals surface area contributed by atoms with Gasteiger partial charge in [-0.1, -0.05) is 5.16 Å². The summed E-state index contributed by atoms with van der Waals surface area (Å²) in [6.07, 6.45) is 5.11. The van der Waals surface area contributed by atoms with Gasteiger partial charge in [0.2, 0.25) is 5.89 Å². The average Bonchev–Trinajstić information content (AvgIpc) is 3.23. The lowest BCUT2D eigenvalue weighted by Gasteiger charge is -2.12. The molecule has 0 spiro atoms. The van der Waals surface area contributed by atoms with Crippen LogP contribution in [0.4, 0.5) is 5.82 Å². The number of hydrogen-bond donors (Lipinski definition) is 1. The van der Waals surface area contributed by atoms with Crippen molar-refractivity contribution in [1.82, 2.24) is 30.1 Å². The summed E-state index contributed by atoms with van der Waals surface area (Å²) in [5, 5.41) is 8.85. The number of pyridine rings is 1. The van der Waals surface area contributed by atoms with Crippen LogP contribution in [0.1, 0.15) is 29.6 Å². The Morgan fingerprint density at radius 1 is 1.12 bits per heavy atom. The Labute approximate surface area is 147 Å². The maximum Gasteiger partial charge on any atom is 0.248 e. The fourth-order valence-corrected chi connectivity index (χ4v) is 3.17. The van der Waals surface area contributed by atoms with Crippen LogP contribution in [-0.2, 0) is 0 Å². The number of hydrogen-bond acceptors (Lipinski definition) is 9. The van der Waals surface area contributed by atoms with Gasteiger partial charge in [-0.2, -0.15) is 4.98 Å². The summed E-state index contributed by atoms with van der Waals surface area (Å²) in [4.78, 5) is 22.8. The van der Waals surface area contributed by atoms with Crippen LogP contribution in [0.25, 0.3) is 21.6 Å². The number of nitrogens with one attached hydrogen (secondary N) is 1. The molecule has 0 aliphatic rings. The fraction of sp³-hybridized carbons (Fsp3) is 0.250. The minimum absolute atomic E-state index is 0.190. The number of nitrogens with zero attached hydrogens (tertiary/aromatic N) is 6. The largest absolute Gasteiger partial charge is 0.358 e. The van der Waals surface area contributed by atoms with E-state index in [-0.39, 0.29) is 6.04 Å². The molecule has 25 heavy (non-hydrogen) atoms. The van der Waals surface area contributed by atoms with Crippen molar-refractivity contribution in [2.24, 2.45) is 0 Å². The molecule has 4 heterocycles. The first-order valence-electron chi connectivity index (χ1n) is 7.70. The summed E-state index contributed by atoms with van der Waals surface area (Å²) in [7, 11) is 0. The Morgan fingerprint density at radius 3 is 2.72 bits per heavy atom. The molecule has 4 rings (SSSR count). The fourth-order valence-electron chi connectivity index (χ4n) is 2.42. The normalized spacial score (nSPS) is 12.4. The Kier molecular flexibility index (Phi) is 3.85. The van der Waals surface area contributed by atoms with Crippen molar-refractivity contribution >= 4 is 28.2 Å². The van der Waals surface area contributed by atoms with Gasteiger partial charge in [-0.25, -0.2) is 19.9 Å². The lowest BCUT2D eigenvalue weighted by molar-refractivity contribution is 0.364. The molecule has 0 aromatic carbocycles. The summed E-state index contributed by atoms with van der Waals surface area (Å²) < 4.78 is 5.22. The van der Waals surface area contributed by atoms with E-state index in [0.717, 1.165) is 20.8 Å². The van der Waals surface area contributed by atoms with Crippen molar-refractivity contribution in [2.75, 3.05) is 5.32 Å². The van der Waals surface area contributed by atoms with Crippen LogP contribution in [0.15, 0.2) is 29.3 Å². The number of thiazole rings is 1. The summed E-state index contributed by atoms with van der Waals surface area (Å²) in [5.41, 5.74) is 1.55. The SMILES string of the molecule is Cc1noc(C(C)Nc2ncnc3ncc(-c4ncc(C)s4)cc23)n1. The van der Waals surface area contributed by atoms with E-state index in [0.29, 0.717) is 23.2 Å². The van der Waals surface area contributed by atoms with Gasteiger partial charge in [0.05, 0.1) is 5.39 Å². The third-order valence-corrected chi connectivity index (χ3v) is 4.59. The highest BCUT2D eigenvalue weighted by atomic mass is 32.1. The lowest BCUT2D eigenvalue weighted by atomic mass is 10.2. The monoisotopic (exact) mass is 353 g/mol. The summed E-state index contributed by atoms with van der Waals surface area (Å²) in [5.74, 6) is 1.76. The van der Waals surface area contributed by atoms with Gasteiger partial charge >= 0.3 is 0 Å². The molecule has 1 N–H and O–H groups in total. The molecule has 0 aliphatic carbocycles. The Hall–Kier alpha value is -2.94. The van der Waals surface area contributed by atoms with Gasteiger partial charge in [-0.15, -0.1) is 11.3 Å². The first kappa shape index (κ1) is 15.6. The summed E-state index contributed by atoms with van der Waals surface area (Å²) >= 11 is 1.62. The van der Waals surface area contributed by atoms with E-state index < -0.39 is 0 Å². The van der Waals surface area contributed by atoms with Gasteiger partial charge < -0.3 is 9.84 Å².